The van der Waals surface area contributed by atoms with Crippen LogP contribution in [0.3, 0.4) is 0 Å². The molecule has 0 atom stereocenters. The lowest BCUT2D eigenvalue weighted by Gasteiger charge is -2.09. The summed E-state index contributed by atoms with van der Waals surface area (Å²) in [7, 11) is 0. The molecule has 0 saturated heterocycles. The maximum Gasteiger partial charge on any atom is 0.341 e. The first kappa shape index (κ1) is 23.7. The molecular weight excluding hydrogens is 492 g/mol. The summed E-state index contributed by atoms with van der Waals surface area (Å²) in [5.74, 6) is -1.33. The first-order valence-corrected chi connectivity index (χ1v) is 11.6. The van der Waals surface area contributed by atoms with E-state index < -0.39 is 5.97 Å². The third-order valence-corrected chi connectivity index (χ3v) is 6.48. The number of aryl methyl sites for hydroxylation is 2. The topological polar surface area (TPSA) is 84.5 Å². The Kier molecular flexibility index (Phi) is 7.48. The predicted molar refractivity (Wildman–Crippen MR) is 131 cm³/mol. The average Bonchev–Trinajstić information content (AvgIpc) is 3.06. The normalized spacial score (nSPS) is 10.5. The Morgan fingerprint density at radius 2 is 1.75 bits per heavy atom. The van der Waals surface area contributed by atoms with E-state index in [0.717, 1.165) is 26.9 Å². The molecule has 0 radical (unpaired) electrons. The quantitative estimate of drug-likeness (QED) is 0.388. The first-order valence-electron chi connectivity index (χ1n) is 9.97. The number of nitrogens with one attached hydrogen (secondary N) is 2. The van der Waals surface area contributed by atoms with Crippen LogP contribution in [0.15, 0.2) is 46.9 Å². The van der Waals surface area contributed by atoms with Crippen LogP contribution in [0.5, 0.6) is 0 Å². The Labute approximate surface area is 199 Å². The number of carbonyl (C=O) groups is 3. The van der Waals surface area contributed by atoms with Gasteiger partial charge in [0, 0.05) is 15.7 Å². The van der Waals surface area contributed by atoms with Gasteiger partial charge >= 0.3 is 5.97 Å². The van der Waals surface area contributed by atoms with Gasteiger partial charge in [0.1, 0.15) is 5.00 Å². The van der Waals surface area contributed by atoms with Gasteiger partial charge in [-0.15, -0.1) is 11.3 Å². The van der Waals surface area contributed by atoms with Crippen LogP contribution in [0.4, 0.5) is 10.7 Å². The molecule has 0 bridgehead atoms. The lowest BCUT2D eigenvalue weighted by atomic mass is 10.1. The van der Waals surface area contributed by atoms with Gasteiger partial charge in [0.2, 0.25) is 0 Å². The highest BCUT2D eigenvalue weighted by atomic mass is 79.9. The molecule has 0 unspecified atom stereocenters. The average molecular weight is 515 g/mol. The van der Waals surface area contributed by atoms with Crippen molar-refractivity contribution in [2.75, 3.05) is 17.2 Å². The Morgan fingerprint density at radius 3 is 2.41 bits per heavy atom. The number of carbonyl (C=O) groups excluding carboxylic acids is 3. The summed E-state index contributed by atoms with van der Waals surface area (Å²) in [6.07, 6.45) is 0. The third-order valence-electron chi connectivity index (χ3n) is 4.78. The minimum atomic E-state index is -0.587. The summed E-state index contributed by atoms with van der Waals surface area (Å²) >= 11 is 4.39. The van der Waals surface area contributed by atoms with E-state index in [9.17, 15) is 14.4 Å². The van der Waals surface area contributed by atoms with Crippen molar-refractivity contribution in [3.05, 3.63) is 79.6 Å². The van der Waals surface area contributed by atoms with Crippen molar-refractivity contribution in [1.29, 1.82) is 0 Å². The van der Waals surface area contributed by atoms with Crippen molar-refractivity contribution in [3.8, 4) is 0 Å². The van der Waals surface area contributed by atoms with Crippen molar-refractivity contribution in [1.82, 2.24) is 0 Å². The fourth-order valence-corrected chi connectivity index (χ4v) is 4.69. The minimum Gasteiger partial charge on any atom is -0.462 e. The van der Waals surface area contributed by atoms with E-state index in [1.165, 1.54) is 0 Å². The number of halogens is 1. The molecule has 0 fully saturated rings. The predicted octanol–water partition coefficient (Wildman–Crippen LogP) is 6.12. The summed E-state index contributed by atoms with van der Waals surface area (Å²) in [5.41, 5.74) is 3.77. The van der Waals surface area contributed by atoms with Crippen LogP contribution in [0.1, 0.15) is 54.0 Å². The second kappa shape index (κ2) is 10.1. The number of benzene rings is 2. The molecule has 1 aromatic heterocycles. The van der Waals surface area contributed by atoms with Crippen molar-refractivity contribution in [3.63, 3.8) is 0 Å². The summed E-state index contributed by atoms with van der Waals surface area (Å²) in [6.45, 7) is 7.45. The van der Waals surface area contributed by atoms with Crippen LogP contribution in [0.2, 0.25) is 0 Å². The first-order chi connectivity index (χ1) is 15.2. The zero-order valence-corrected chi connectivity index (χ0v) is 20.6. The maximum atomic E-state index is 13.0. The van der Waals surface area contributed by atoms with Gasteiger partial charge in [0.05, 0.1) is 17.0 Å². The largest absolute Gasteiger partial charge is 0.462 e. The van der Waals surface area contributed by atoms with Gasteiger partial charge in [0.15, 0.2) is 0 Å². The zero-order chi connectivity index (χ0) is 23.4. The van der Waals surface area contributed by atoms with Gasteiger partial charge in [-0.25, -0.2) is 4.79 Å². The number of ether oxygens (including phenoxy) is 1. The van der Waals surface area contributed by atoms with Crippen molar-refractivity contribution >= 4 is 55.7 Å². The molecule has 0 aliphatic heterocycles. The van der Waals surface area contributed by atoms with E-state index >= 15 is 0 Å². The summed E-state index contributed by atoms with van der Waals surface area (Å²) < 4.78 is 5.93. The van der Waals surface area contributed by atoms with E-state index in [-0.39, 0.29) is 29.0 Å². The Morgan fingerprint density at radius 1 is 1.00 bits per heavy atom. The van der Waals surface area contributed by atoms with Gasteiger partial charge < -0.3 is 15.4 Å². The molecular formula is C24H23BrN2O4S. The molecule has 3 aromatic rings. The summed E-state index contributed by atoms with van der Waals surface area (Å²) in [5, 5.41) is 5.94. The van der Waals surface area contributed by atoms with Gasteiger partial charge in [0.25, 0.3) is 11.8 Å². The molecule has 1 heterocycles. The summed E-state index contributed by atoms with van der Waals surface area (Å²) in [4.78, 5) is 38.8. The van der Waals surface area contributed by atoms with Gasteiger partial charge in [-0.1, -0.05) is 39.7 Å². The number of hydrogen-bond acceptors (Lipinski definition) is 5. The highest BCUT2D eigenvalue weighted by molar-refractivity contribution is 9.10. The highest BCUT2D eigenvalue weighted by Crippen LogP contribution is 2.35. The minimum absolute atomic E-state index is 0.178. The zero-order valence-electron chi connectivity index (χ0n) is 18.2. The van der Waals surface area contributed by atoms with Crippen LogP contribution < -0.4 is 10.6 Å². The molecule has 0 aliphatic carbocycles. The van der Waals surface area contributed by atoms with E-state index in [0.29, 0.717) is 21.7 Å². The van der Waals surface area contributed by atoms with E-state index in [1.54, 1.807) is 32.0 Å². The highest BCUT2D eigenvalue weighted by Gasteiger charge is 2.27. The third kappa shape index (κ3) is 5.26. The van der Waals surface area contributed by atoms with E-state index in [2.05, 4.69) is 26.6 Å². The van der Waals surface area contributed by atoms with E-state index in [1.807, 2.05) is 38.1 Å². The number of esters is 1. The van der Waals surface area contributed by atoms with Gasteiger partial charge in [-0.2, -0.15) is 0 Å². The van der Waals surface area contributed by atoms with Crippen LogP contribution in [0.25, 0.3) is 0 Å². The Balaban J connectivity index is 1.96. The molecule has 6 nitrogen and oxygen atoms in total. The monoisotopic (exact) mass is 514 g/mol. The number of hydrogen-bond donors (Lipinski definition) is 2. The SMILES string of the molecule is CCOC(=O)c1c(NC(=O)c2cccc(Br)c2)sc(C(=O)Nc2ccc(C)cc2C)c1C. The van der Waals surface area contributed by atoms with Crippen LogP contribution in [-0.4, -0.2) is 24.4 Å². The van der Waals surface area contributed by atoms with Crippen molar-refractivity contribution < 1.29 is 19.1 Å². The van der Waals surface area contributed by atoms with Gasteiger partial charge in [-0.05, 0) is 63.1 Å². The summed E-state index contributed by atoms with van der Waals surface area (Å²) in [6, 6.07) is 12.6. The lowest BCUT2D eigenvalue weighted by Crippen LogP contribution is -2.15. The number of anilines is 2. The fraction of sp³-hybridized carbons (Fsp3) is 0.208. The molecule has 2 aromatic carbocycles. The molecule has 0 saturated carbocycles. The fourth-order valence-electron chi connectivity index (χ4n) is 3.21. The lowest BCUT2D eigenvalue weighted by molar-refractivity contribution is 0.0527. The molecule has 0 aliphatic rings. The molecule has 0 spiro atoms. The van der Waals surface area contributed by atoms with Crippen molar-refractivity contribution in [2.45, 2.75) is 27.7 Å². The molecule has 2 amide bonds. The van der Waals surface area contributed by atoms with Crippen molar-refractivity contribution in [2.24, 2.45) is 0 Å². The number of thiophene rings is 1. The second-order valence-corrected chi connectivity index (χ2v) is 9.15. The molecule has 8 heteroatoms. The Bertz CT molecular complexity index is 1200. The van der Waals surface area contributed by atoms with Crippen LogP contribution in [-0.2, 0) is 4.74 Å². The number of amides is 2. The molecule has 3 rings (SSSR count). The maximum absolute atomic E-state index is 13.0. The standard InChI is InChI=1S/C24H23BrN2O4S/c1-5-31-24(30)19-15(4)20(22(29)26-18-10-9-13(2)11-14(18)3)32-23(19)27-21(28)16-7-6-8-17(25)12-16/h6-12H,5H2,1-4H3,(H,26,29)(H,27,28). The molecule has 32 heavy (non-hydrogen) atoms. The smallest absolute Gasteiger partial charge is 0.341 e. The van der Waals surface area contributed by atoms with Gasteiger partial charge in [-0.3, -0.25) is 9.59 Å². The molecule has 2 N–H and O–H groups in total. The van der Waals surface area contributed by atoms with Crippen LogP contribution in [0, 0.1) is 20.8 Å². The second-order valence-electron chi connectivity index (χ2n) is 7.22. The number of rotatable bonds is 6. The van der Waals surface area contributed by atoms with Crippen LogP contribution >= 0.6 is 27.3 Å². The molecule has 166 valence electrons. The van der Waals surface area contributed by atoms with E-state index in [4.69, 9.17) is 4.74 Å². The Hall–Kier alpha value is -2.97.